The first-order valence-corrected chi connectivity index (χ1v) is 12.1. The van der Waals surface area contributed by atoms with Gasteiger partial charge >= 0.3 is 0 Å². The number of rotatable bonds is 9. The van der Waals surface area contributed by atoms with E-state index in [1.807, 2.05) is 0 Å². The van der Waals surface area contributed by atoms with Crippen LogP contribution < -0.4 is 15.6 Å². The molecule has 6 nitrogen and oxygen atoms in total. The Balaban J connectivity index is 1.23. The van der Waals surface area contributed by atoms with E-state index in [1.54, 1.807) is 35.9 Å². The van der Waals surface area contributed by atoms with E-state index in [2.05, 4.69) is 34.5 Å². The second-order valence-electron chi connectivity index (χ2n) is 9.13. The highest BCUT2D eigenvalue weighted by molar-refractivity contribution is 5.73. The lowest BCUT2D eigenvalue weighted by atomic mass is 10.0. The summed E-state index contributed by atoms with van der Waals surface area (Å²) in [6.07, 6.45) is 4.47. The molecule has 2 aromatic carbocycles. The number of hydrogen-bond donors (Lipinski definition) is 1. The number of amides is 1. The van der Waals surface area contributed by atoms with Gasteiger partial charge in [0, 0.05) is 51.4 Å². The average molecular weight is 478 g/mol. The molecular weight excluding hydrogens is 445 g/mol. The minimum absolute atomic E-state index is 0.0476. The standard InChI is InChI=1S/C28H32FN3O3/c1-21(33)30-26-10-13-31(14-11-26)19-23-7-5-22(6-8-23)9-15-32-16-12-27(18-28(32)34)35-20-24-3-2-4-25(29)17-24/h2-8,12,16-18,26H,9-11,13-15,19-20H2,1H3,(H,30,33). The van der Waals surface area contributed by atoms with Crippen LogP contribution in [0.15, 0.2) is 71.7 Å². The molecule has 1 saturated heterocycles. The van der Waals surface area contributed by atoms with Crippen molar-refractivity contribution in [3.63, 3.8) is 0 Å². The predicted molar refractivity (Wildman–Crippen MR) is 134 cm³/mol. The molecular formula is C28H32FN3O3. The maximum atomic E-state index is 13.3. The van der Waals surface area contributed by atoms with Gasteiger partial charge in [-0.25, -0.2) is 4.39 Å². The molecule has 184 valence electrons. The van der Waals surface area contributed by atoms with Crippen molar-refractivity contribution < 1.29 is 13.9 Å². The number of hydrogen-bond acceptors (Lipinski definition) is 4. The van der Waals surface area contributed by atoms with Gasteiger partial charge in [-0.2, -0.15) is 0 Å². The number of halogens is 1. The molecule has 1 fully saturated rings. The minimum atomic E-state index is -0.308. The number of pyridine rings is 1. The number of likely N-dealkylation sites (tertiary alicyclic amines) is 1. The summed E-state index contributed by atoms with van der Waals surface area (Å²) < 4.78 is 20.6. The molecule has 3 aromatic rings. The van der Waals surface area contributed by atoms with E-state index >= 15 is 0 Å². The summed E-state index contributed by atoms with van der Waals surface area (Å²) in [7, 11) is 0. The van der Waals surface area contributed by atoms with E-state index in [4.69, 9.17) is 4.74 Å². The highest BCUT2D eigenvalue weighted by Gasteiger charge is 2.19. The van der Waals surface area contributed by atoms with Crippen molar-refractivity contribution in [2.75, 3.05) is 13.1 Å². The third kappa shape index (κ3) is 7.52. The van der Waals surface area contributed by atoms with Gasteiger partial charge in [0.15, 0.2) is 0 Å². The topological polar surface area (TPSA) is 63.6 Å². The van der Waals surface area contributed by atoms with Crippen LogP contribution in [0.2, 0.25) is 0 Å². The van der Waals surface area contributed by atoms with E-state index in [-0.39, 0.29) is 23.9 Å². The van der Waals surface area contributed by atoms with E-state index in [0.717, 1.165) is 38.9 Å². The molecule has 0 spiro atoms. The van der Waals surface area contributed by atoms with Crippen molar-refractivity contribution in [3.05, 3.63) is 99.7 Å². The second kappa shape index (κ2) is 11.8. The van der Waals surface area contributed by atoms with Gasteiger partial charge < -0.3 is 14.6 Å². The Morgan fingerprint density at radius 1 is 1.03 bits per heavy atom. The van der Waals surface area contributed by atoms with Crippen LogP contribution in [0.25, 0.3) is 0 Å². The second-order valence-corrected chi connectivity index (χ2v) is 9.13. The van der Waals surface area contributed by atoms with E-state index < -0.39 is 0 Å². The normalized spacial score (nSPS) is 14.6. The Morgan fingerprint density at radius 3 is 2.46 bits per heavy atom. The molecule has 2 heterocycles. The van der Waals surface area contributed by atoms with Gasteiger partial charge in [-0.1, -0.05) is 36.4 Å². The van der Waals surface area contributed by atoms with Crippen LogP contribution in [0.3, 0.4) is 0 Å². The van der Waals surface area contributed by atoms with E-state index in [1.165, 1.54) is 29.3 Å². The Labute approximate surface area is 205 Å². The van der Waals surface area contributed by atoms with Crippen molar-refractivity contribution >= 4 is 5.91 Å². The molecule has 7 heteroatoms. The summed E-state index contributed by atoms with van der Waals surface area (Å²) in [5, 5.41) is 3.01. The lowest BCUT2D eigenvalue weighted by Gasteiger charge is -2.32. The molecule has 0 atom stereocenters. The first-order chi connectivity index (χ1) is 16.9. The number of benzene rings is 2. The van der Waals surface area contributed by atoms with Crippen LogP contribution in [-0.2, 0) is 30.9 Å². The van der Waals surface area contributed by atoms with Gasteiger partial charge in [-0.3, -0.25) is 14.5 Å². The molecule has 0 radical (unpaired) electrons. The van der Waals surface area contributed by atoms with Crippen molar-refractivity contribution in [3.8, 4) is 5.75 Å². The number of carbonyl (C=O) groups is 1. The van der Waals surface area contributed by atoms with E-state index in [9.17, 15) is 14.0 Å². The molecule has 1 aliphatic rings. The van der Waals surface area contributed by atoms with Crippen LogP contribution in [0.1, 0.15) is 36.5 Å². The largest absolute Gasteiger partial charge is 0.489 e. The highest BCUT2D eigenvalue weighted by Crippen LogP contribution is 2.15. The van der Waals surface area contributed by atoms with Crippen molar-refractivity contribution in [2.24, 2.45) is 0 Å². The first-order valence-electron chi connectivity index (χ1n) is 12.1. The maximum Gasteiger partial charge on any atom is 0.254 e. The minimum Gasteiger partial charge on any atom is -0.489 e. The molecule has 0 unspecified atom stereocenters. The summed E-state index contributed by atoms with van der Waals surface area (Å²) in [5.74, 6) is 0.213. The monoisotopic (exact) mass is 477 g/mol. The Hall–Kier alpha value is -3.45. The van der Waals surface area contributed by atoms with Gasteiger partial charge in [0.1, 0.15) is 18.2 Å². The fourth-order valence-electron chi connectivity index (χ4n) is 4.40. The van der Waals surface area contributed by atoms with Crippen LogP contribution in [0.4, 0.5) is 4.39 Å². The Morgan fingerprint density at radius 2 is 1.77 bits per heavy atom. The third-order valence-corrected chi connectivity index (χ3v) is 6.33. The smallest absolute Gasteiger partial charge is 0.254 e. The number of carbonyl (C=O) groups excluding carboxylic acids is 1. The summed E-state index contributed by atoms with van der Waals surface area (Å²) >= 11 is 0. The van der Waals surface area contributed by atoms with Crippen LogP contribution >= 0.6 is 0 Å². The molecule has 1 aromatic heterocycles. The number of aromatic nitrogens is 1. The predicted octanol–water partition coefficient (Wildman–Crippen LogP) is 3.91. The molecule has 1 amide bonds. The van der Waals surface area contributed by atoms with Gasteiger partial charge in [0.25, 0.3) is 5.56 Å². The number of aryl methyl sites for hydroxylation is 2. The summed E-state index contributed by atoms with van der Waals surface area (Å²) in [6.45, 7) is 5.24. The van der Waals surface area contributed by atoms with Crippen LogP contribution in [0, 0.1) is 5.82 Å². The molecule has 1 aliphatic heterocycles. The average Bonchev–Trinajstić information content (AvgIpc) is 2.84. The molecule has 4 rings (SSSR count). The molecule has 0 aliphatic carbocycles. The summed E-state index contributed by atoms with van der Waals surface area (Å²) in [4.78, 5) is 26.1. The zero-order valence-corrected chi connectivity index (χ0v) is 20.1. The number of nitrogens with zero attached hydrogens (tertiary/aromatic N) is 2. The fourth-order valence-corrected chi connectivity index (χ4v) is 4.40. The summed E-state index contributed by atoms with van der Waals surface area (Å²) in [5.41, 5.74) is 3.04. The fraction of sp³-hybridized carbons (Fsp3) is 0.357. The molecule has 0 saturated carbocycles. The van der Waals surface area contributed by atoms with Crippen molar-refractivity contribution in [1.29, 1.82) is 0 Å². The first kappa shape index (κ1) is 24.7. The third-order valence-electron chi connectivity index (χ3n) is 6.33. The zero-order valence-electron chi connectivity index (χ0n) is 20.1. The summed E-state index contributed by atoms with van der Waals surface area (Å²) in [6, 6.07) is 18.3. The van der Waals surface area contributed by atoms with E-state index in [0.29, 0.717) is 23.9 Å². The molecule has 35 heavy (non-hydrogen) atoms. The lowest BCUT2D eigenvalue weighted by Crippen LogP contribution is -2.43. The van der Waals surface area contributed by atoms with Crippen LogP contribution in [-0.4, -0.2) is 34.5 Å². The molecule has 1 N–H and O–H groups in total. The van der Waals surface area contributed by atoms with Crippen molar-refractivity contribution in [1.82, 2.24) is 14.8 Å². The van der Waals surface area contributed by atoms with Crippen molar-refractivity contribution in [2.45, 2.75) is 51.9 Å². The lowest BCUT2D eigenvalue weighted by molar-refractivity contribution is -0.119. The zero-order chi connectivity index (χ0) is 24.6. The van der Waals surface area contributed by atoms with Gasteiger partial charge in [0.2, 0.25) is 5.91 Å². The molecule has 0 bridgehead atoms. The SMILES string of the molecule is CC(=O)NC1CCN(Cc2ccc(CCn3ccc(OCc4cccc(F)c4)cc3=O)cc2)CC1. The van der Waals surface area contributed by atoms with Gasteiger partial charge in [-0.05, 0) is 54.2 Å². The number of piperidine rings is 1. The number of ether oxygens (including phenoxy) is 1. The number of nitrogens with one attached hydrogen (secondary N) is 1. The quantitative estimate of drug-likeness (QED) is 0.508. The Bertz CT molecular complexity index is 1180. The van der Waals surface area contributed by atoms with Crippen LogP contribution in [0.5, 0.6) is 5.75 Å². The highest BCUT2D eigenvalue weighted by atomic mass is 19.1. The maximum absolute atomic E-state index is 13.3. The Kier molecular flexibility index (Phi) is 8.32. The van der Waals surface area contributed by atoms with Gasteiger partial charge in [0.05, 0.1) is 0 Å². The van der Waals surface area contributed by atoms with Gasteiger partial charge in [-0.15, -0.1) is 0 Å².